The molecule has 0 aliphatic heterocycles. The maximum atomic E-state index is 5.34. The molecule has 0 aliphatic rings. The number of rotatable bonds is 8. The van der Waals surface area contributed by atoms with Crippen LogP contribution >= 0.6 is 11.8 Å². The van der Waals surface area contributed by atoms with Gasteiger partial charge in [0.1, 0.15) is 5.75 Å². The Bertz CT molecular complexity index is 352. The maximum absolute atomic E-state index is 5.34. The third-order valence-electron chi connectivity index (χ3n) is 2.41. The summed E-state index contributed by atoms with van der Waals surface area (Å²) in [5.74, 6) is 3.09. The Morgan fingerprint density at radius 1 is 1.47 bits per heavy atom. The van der Waals surface area contributed by atoms with Gasteiger partial charge >= 0.3 is 0 Å². The van der Waals surface area contributed by atoms with Crippen LogP contribution in [0.3, 0.4) is 0 Å². The highest BCUT2D eigenvalue weighted by molar-refractivity contribution is 7.99. The Balaban J connectivity index is 2.35. The van der Waals surface area contributed by atoms with E-state index < -0.39 is 0 Å². The lowest BCUT2D eigenvalue weighted by molar-refractivity contribution is 0.408. The lowest BCUT2D eigenvalue weighted by atomic mass is 10.1. The van der Waals surface area contributed by atoms with Gasteiger partial charge in [-0.25, -0.2) is 0 Å². The van der Waals surface area contributed by atoms with E-state index in [0.717, 1.165) is 30.3 Å². The molecule has 0 fully saturated rings. The SMILES string of the molecule is C=CCSCCNCc1cc(C)ccc1OC. The van der Waals surface area contributed by atoms with Crippen molar-refractivity contribution in [3.8, 4) is 5.75 Å². The second kappa shape index (κ2) is 8.20. The van der Waals surface area contributed by atoms with Crippen LogP contribution in [-0.4, -0.2) is 25.2 Å². The average Bonchev–Trinajstić information content (AvgIpc) is 2.34. The Labute approximate surface area is 108 Å². The van der Waals surface area contributed by atoms with Crippen molar-refractivity contribution in [1.82, 2.24) is 5.32 Å². The largest absolute Gasteiger partial charge is 0.496 e. The van der Waals surface area contributed by atoms with Crippen molar-refractivity contribution in [2.24, 2.45) is 0 Å². The molecule has 3 heteroatoms. The molecule has 0 spiro atoms. The summed E-state index contributed by atoms with van der Waals surface area (Å²) in [6, 6.07) is 6.27. The molecule has 0 saturated heterocycles. The average molecular weight is 251 g/mol. The van der Waals surface area contributed by atoms with Crippen molar-refractivity contribution in [3.05, 3.63) is 42.0 Å². The molecule has 94 valence electrons. The Morgan fingerprint density at radius 3 is 3.00 bits per heavy atom. The summed E-state index contributed by atoms with van der Waals surface area (Å²) in [5, 5.41) is 3.43. The molecule has 0 saturated carbocycles. The third kappa shape index (κ3) is 5.29. The minimum absolute atomic E-state index is 0.861. The lowest BCUT2D eigenvalue weighted by Crippen LogP contribution is -2.17. The van der Waals surface area contributed by atoms with Crippen LogP contribution in [-0.2, 0) is 6.54 Å². The van der Waals surface area contributed by atoms with E-state index in [2.05, 4.69) is 31.0 Å². The summed E-state index contributed by atoms with van der Waals surface area (Å²) >= 11 is 1.89. The molecule has 0 atom stereocenters. The fourth-order valence-corrected chi connectivity index (χ4v) is 2.20. The number of thioether (sulfide) groups is 1. The zero-order valence-electron chi connectivity index (χ0n) is 10.7. The van der Waals surface area contributed by atoms with Gasteiger partial charge in [-0.15, -0.1) is 6.58 Å². The molecule has 2 nitrogen and oxygen atoms in total. The summed E-state index contributed by atoms with van der Waals surface area (Å²) in [6.45, 7) is 7.67. The molecule has 0 aliphatic carbocycles. The van der Waals surface area contributed by atoms with Gasteiger partial charge in [-0.05, 0) is 13.0 Å². The Kier molecular flexibility index (Phi) is 6.82. The highest BCUT2D eigenvalue weighted by atomic mass is 32.2. The normalized spacial score (nSPS) is 10.2. The summed E-state index contributed by atoms with van der Waals surface area (Å²) in [6.07, 6.45) is 1.94. The summed E-state index contributed by atoms with van der Waals surface area (Å²) in [7, 11) is 1.72. The molecule has 0 aromatic heterocycles. The van der Waals surface area contributed by atoms with E-state index in [1.807, 2.05) is 23.9 Å². The summed E-state index contributed by atoms with van der Waals surface area (Å²) < 4.78 is 5.34. The molecule has 0 unspecified atom stereocenters. The van der Waals surface area contributed by atoms with Gasteiger partial charge in [-0.2, -0.15) is 11.8 Å². The highest BCUT2D eigenvalue weighted by Crippen LogP contribution is 2.19. The van der Waals surface area contributed by atoms with Gasteiger partial charge in [-0.1, -0.05) is 23.8 Å². The topological polar surface area (TPSA) is 21.3 Å². The highest BCUT2D eigenvalue weighted by Gasteiger charge is 2.02. The number of hydrogen-bond acceptors (Lipinski definition) is 3. The van der Waals surface area contributed by atoms with Crippen LogP contribution in [0, 0.1) is 6.92 Å². The predicted molar refractivity (Wildman–Crippen MR) is 77.0 cm³/mol. The lowest BCUT2D eigenvalue weighted by Gasteiger charge is -2.10. The minimum Gasteiger partial charge on any atom is -0.496 e. The van der Waals surface area contributed by atoms with E-state index in [9.17, 15) is 0 Å². The molecule has 0 bridgehead atoms. The van der Waals surface area contributed by atoms with E-state index >= 15 is 0 Å². The van der Waals surface area contributed by atoms with E-state index in [0.29, 0.717) is 0 Å². The third-order valence-corrected chi connectivity index (χ3v) is 3.37. The van der Waals surface area contributed by atoms with E-state index in [4.69, 9.17) is 4.74 Å². The van der Waals surface area contributed by atoms with Crippen LogP contribution < -0.4 is 10.1 Å². The smallest absolute Gasteiger partial charge is 0.123 e. The van der Waals surface area contributed by atoms with Crippen molar-refractivity contribution in [2.45, 2.75) is 13.5 Å². The zero-order valence-corrected chi connectivity index (χ0v) is 11.5. The molecule has 17 heavy (non-hydrogen) atoms. The molecular formula is C14H21NOS. The first-order valence-corrected chi connectivity index (χ1v) is 6.96. The first-order chi connectivity index (χ1) is 8.27. The van der Waals surface area contributed by atoms with Crippen molar-refractivity contribution < 1.29 is 4.74 Å². The molecule has 1 N–H and O–H groups in total. The second-order valence-corrected chi connectivity index (χ2v) is 5.01. The molecule has 1 aromatic rings. The Morgan fingerprint density at radius 2 is 2.29 bits per heavy atom. The molecule has 1 aromatic carbocycles. The number of nitrogens with one attached hydrogen (secondary N) is 1. The molecule has 0 amide bonds. The summed E-state index contributed by atoms with van der Waals surface area (Å²) in [4.78, 5) is 0. The number of hydrogen-bond donors (Lipinski definition) is 1. The first-order valence-electron chi connectivity index (χ1n) is 5.80. The molecule has 0 heterocycles. The van der Waals surface area contributed by atoms with Gasteiger partial charge < -0.3 is 10.1 Å². The first kappa shape index (κ1) is 14.1. The second-order valence-electron chi connectivity index (χ2n) is 3.86. The number of benzene rings is 1. The van der Waals surface area contributed by atoms with Crippen LogP contribution in [0.1, 0.15) is 11.1 Å². The van der Waals surface area contributed by atoms with Crippen molar-refractivity contribution in [2.75, 3.05) is 25.2 Å². The minimum atomic E-state index is 0.861. The summed E-state index contributed by atoms with van der Waals surface area (Å²) in [5.41, 5.74) is 2.49. The van der Waals surface area contributed by atoms with Crippen LogP contribution in [0.5, 0.6) is 5.75 Å². The molecule has 1 rings (SSSR count). The number of ether oxygens (including phenoxy) is 1. The van der Waals surface area contributed by atoms with Gasteiger partial charge in [0.25, 0.3) is 0 Å². The fourth-order valence-electron chi connectivity index (χ4n) is 1.58. The van der Waals surface area contributed by atoms with E-state index in [1.165, 1.54) is 11.1 Å². The number of aryl methyl sites for hydroxylation is 1. The van der Waals surface area contributed by atoms with Gasteiger partial charge in [0.15, 0.2) is 0 Å². The maximum Gasteiger partial charge on any atom is 0.123 e. The molecule has 0 radical (unpaired) electrons. The zero-order chi connectivity index (χ0) is 12.5. The van der Waals surface area contributed by atoms with Crippen LogP contribution in [0.25, 0.3) is 0 Å². The van der Waals surface area contributed by atoms with Crippen molar-refractivity contribution in [1.29, 1.82) is 0 Å². The van der Waals surface area contributed by atoms with Gasteiger partial charge in [0, 0.05) is 30.2 Å². The fraction of sp³-hybridized carbons (Fsp3) is 0.429. The van der Waals surface area contributed by atoms with Crippen LogP contribution in [0.4, 0.5) is 0 Å². The van der Waals surface area contributed by atoms with Gasteiger partial charge in [0.05, 0.1) is 7.11 Å². The van der Waals surface area contributed by atoms with Gasteiger partial charge in [0.2, 0.25) is 0 Å². The van der Waals surface area contributed by atoms with Crippen LogP contribution in [0.2, 0.25) is 0 Å². The van der Waals surface area contributed by atoms with Gasteiger partial charge in [-0.3, -0.25) is 0 Å². The monoisotopic (exact) mass is 251 g/mol. The predicted octanol–water partition coefficient (Wildman–Crippen LogP) is 3.01. The van der Waals surface area contributed by atoms with Crippen molar-refractivity contribution in [3.63, 3.8) is 0 Å². The van der Waals surface area contributed by atoms with E-state index in [-0.39, 0.29) is 0 Å². The Hall–Kier alpha value is -0.930. The van der Waals surface area contributed by atoms with Crippen LogP contribution in [0.15, 0.2) is 30.9 Å². The van der Waals surface area contributed by atoms with Crippen molar-refractivity contribution >= 4 is 11.8 Å². The number of methoxy groups -OCH3 is 1. The quantitative estimate of drug-likeness (QED) is 0.567. The standard InChI is InChI=1S/C14H21NOS/c1-4-8-17-9-7-15-11-13-10-12(2)5-6-14(13)16-3/h4-6,10,15H,1,7-9,11H2,2-3H3. The van der Waals surface area contributed by atoms with E-state index in [1.54, 1.807) is 7.11 Å². The molecular weight excluding hydrogens is 230 g/mol.